The summed E-state index contributed by atoms with van der Waals surface area (Å²) in [7, 11) is 1.39. The number of ether oxygens (including phenoxy) is 3. The Morgan fingerprint density at radius 2 is 1.80 bits per heavy atom. The van der Waals surface area contributed by atoms with Gasteiger partial charge in [0.2, 0.25) is 0 Å². The van der Waals surface area contributed by atoms with Gasteiger partial charge in [-0.05, 0) is 98.7 Å². The van der Waals surface area contributed by atoms with Crippen LogP contribution in [0.2, 0.25) is 0 Å². The van der Waals surface area contributed by atoms with E-state index < -0.39 is 6.10 Å². The van der Waals surface area contributed by atoms with Crippen molar-refractivity contribution in [2.24, 2.45) is 0 Å². The minimum atomic E-state index is -0.401. The summed E-state index contributed by atoms with van der Waals surface area (Å²) in [6, 6.07) is 15.4. The van der Waals surface area contributed by atoms with Crippen LogP contribution >= 0.6 is 0 Å². The van der Waals surface area contributed by atoms with Gasteiger partial charge >= 0.3 is 5.97 Å². The predicted octanol–water partition coefficient (Wildman–Crippen LogP) is 7.29. The van der Waals surface area contributed by atoms with Gasteiger partial charge in [0.25, 0.3) is 0 Å². The molecule has 4 aromatic rings. The first-order valence-corrected chi connectivity index (χ1v) is 14.0. The molecule has 1 aliphatic heterocycles. The number of carbonyl (C=O) groups excluding carboxylic acids is 1. The Morgan fingerprint density at radius 3 is 2.54 bits per heavy atom. The quantitative estimate of drug-likeness (QED) is 0.234. The first-order valence-electron chi connectivity index (χ1n) is 14.0. The molecule has 2 atom stereocenters. The van der Waals surface area contributed by atoms with Crippen LogP contribution in [0, 0.1) is 33.5 Å². The molecule has 6 rings (SSSR count). The van der Waals surface area contributed by atoms with Gasteiger partial charge in [-0.2, -0.15) is 0 Å². The normalized spacial score (nSPS) is 17.1. The van der Waals surface area contributed by atoms with Crippen molar-refractivity contribution < 1.29 is 23.4 Å². The van der Waals surface area contributed by atoms with E-state index in [9.17, 15) is 4.79 Å². The molecule has 41 heavy (non-hydrogen) atoms. The molecule has 2 aliphatic rings. The number of aryl methyl sites for hydroxylation is 4. The number of benzene rings is 3. The van der Waals surface area contributed by atoms with E-state index in [1.807, 2.05) is 44.2 Å². The van der Waals surface area contributed by atoms with Gasteiger partial charge in [0.05, 0.1) is 25.8 Å². The molecule has 2 heterocycles. The third-order valence-electron chi connectivity index (χ3n) is 8.13. The van der Waals surface area contributed by atoms with Gasteiger partial charge in [-0.1, -0.05) is 12.1 Å². The molecule has 3 aromatic carbocycles. The van der Waals surface area contributed by atoms with Crippen molar-refractivity contribution in [2.45, 2.75) is 59.0 Å². The van der Waals surface area contributed by atoms with Crippen molar-refractivity contribution in [1.82, 2.24) is 9.97 Å². The smallest absolute Gasteiger partial charge is 0.306 e. The Morgan fingerprint density at radius 1 is 1.02 bits per heavy atom. The van der Waals surface area contributed by atoms with Gasteiger partial charge < -0.3 is 14.2 Å². The minimum absolute atomic E-state index is 0.0426. The molecule has 1 aliphatic carbocycles. The molecule has 0 saturated heterocycles. The molecule has 6 nitrogen and oxygen atoms in total. The first kappa shape index (κ1) is 26.9. The number of halogens is 1. The number of aromatic nitrogens is 2. The van der Waals surface area contributed by atoms with Crippen LogP contribution in [0.3, 0.4) is 0 Å². The van der Waals surface area contributed by atoms with Crippen molar-refractivity contribution in [2.75, 3.05) is 13.7 Å². The molecule has 0 amide bonds. The topological polar surface area (TPSA) is 70.5 Å². The Bertz CT molecular complexity index is 1640. The fourth-order valence-electron chi connectivity index (χ4n) is 6.37. The zero-order chi connectivity index (χ0) is 28.8. The largest absolute Gasteiger partial charge is 0.492 e. The lowest BCUT2D eigenvalue weighted by Gasteiger charge is -2.19. The molecule has 210 valence electrons. The van der Waals surface area contributed by atoms with Gasteiger partial charge in [0, 0.05) is 34.4 Å². The average Bonchev–Trinajstić information content (AvgIpc) is 3.53. The lowest BCUT2D eigenvalue weighted by Crippen LogP contribution is -2.09. The monoisotopic (exact) mass is 552 g/mol. The summed E-state index contributed by atoms with van der Waals surface area (Å²) in [5, 5.41) is 0. The van der Waals surface area contributed by atoms with E-state index >= 15 is 4.39 Å². The Hall–Kier alpha value is -4.26. The molecule has 0 N–H and O–H groups in total. The fourth-order valence-corrected chi connectivity index (χ4v) is 6.37. The highest BCUT2D eigenvalue weighted by atomic mass is 19.1. The minimum Gasteiger partial charge on any atom is -0.492 e. The first-order chi connectivity index (χ1) is 19.7. The second-order valence-corrected chi connectivity index (χ2v) is 11.0. The van der Waals surface area contributed by atoms with Gasteiger partial charge in [-0.15, -0.1) is 0 Å². The summed E-state index contributed by atoms with van der Waals surface area (Å²) in [5.74, 6) is 1.51. The van der Waals surface area contributed by atoms with Crippen LogP contribution in [0.15, 0.2) is 48.5 Å². The summed E-state index contributed by atoms with van der Waals surface area (Å²) in [6.45, 7) is 8.51. The average molecular weight is 553 g/mol. The molecular weight excluding hydrogens is 519 g/mol. The van der Waals surface area contributed by atoms with Gasteiger partial charge in [-0.3, -0.25) is 4.79 Å². The number of carbonyl (C=O) groups is 1. The molecule has 0 bridgehead atoms. The van der Waals surface area contributed by atoms with E-state index in [-0.39, 0.29) is 24.1 Å². The lowest BCUT2D eigenvalue weighted by molar-refractivity contribution is -0.141. The van der Waals surface area contributed by atoms with Crippen LogP contribution in [-0.2, 0) is 16.0 Å². The maximum absolute atomic E-state index is 15.4. The summed E-state index contributed by atoms with van der Waals surface area (Å²) in [6.07, 6.45) is 1.27. The fraction of sp³-hybridized carbons (Fsp3) is 0.324. The van der Waals surface area contributed by atoms with Crippen LogP contribution in [-0.4, -0.2) is 29.7 Å². The Kier molecular flexibility index (Phi) is 6.98. The third kappa shape index (κ3) is 5.05. The molecule has 0 fully saturated rings. The maximum Gasteiger partial charge on any atom is 0.306 e. The van der Waals surface area contributed by atoms with Crippen molar-refractivity contribution >= 4 is 5.97 Å². The van der Waals surface area contributed by atoms with Crippen LogP contribution in [0.25, 0.3) is 22.4 Å². The van der Waals surface area contributed by atoms with Crippen LogP contribution in [0.4, 0.5) is 4.39 Å². The number of esters is 1. The van der Waals surface area contributed by atoms with Gasteiger partial charge in [0.15, 0.2) is 0 Å². The van der Waals surface area contributed by atoms with E-state index in [2.05, 4.69) is 35.9 Å². The van der Waals surface area contributed by atoms with Crippen molar-refractivity contribution in [3.8, 4) is 33.9 Å². The second-order valence-electron chi connectivity index (χ2n) is 11.0. The number of hydrogen-bond acceptors (Lipinski definition) is 6. The molecule has 1 aromatic heterocycles. The highest BCUT2D eigenvalue weighted by Gasteiger charge is 2.32. The van der Waals surface area contributed by atoms with E-state index in [0.29, 0.717) is 30.1 Å². The van der Waals surface area contributed by atoms with Crippen LogP contribution in [0.5, 0.6) is 11.5 Å². The third-order valence-corrected chi connectivity index (χ3v) is 8.13. The maximum atomic E-state index is 15.4. The lowest BCUT2D eigenvalue weighted by atomic mass is 9.88. The highest BCUT2D eigenvalue weighted by Crippen LogP contribution is 2.45. The molecule has 1 unspecified atom stereocenters. The van der Waals surface area contributed by atoms with E-state index in [1.54, 1.807) is 6.07 Å². The standard InChI is InChI=1S/C34H33FN2O4/c1-18-12-22(29-14-20(3)36-21(4)37-29)13-19(2)33(18)26-8-10-28(35)34-27(26)9-11-30(34)41-24-6-7-25-23(15-32(38)39-5)17-40-31(25)16-24/h6-8,10,12-14,16,23,30H,9,11,15,17H2,1-5H3/t23?,30-/m1/s1. The number of hydrogen-bond donors (Lipinski definition) is 0. The summed E-state index contributed by atoms with van der Waals surface area (Å²) in [5.41, 5.74) is 9.87. The van der Waals surface area contributed by atoms with Crippen molar-refractivity contribution in [3.63, 3.8) is 0 Å². The van der Waals surface area contributed by atoms with Crippen molar-refractivity contribution in [1.29, 1.82) is 0 Å². The zero-order valence-electron chi connectivity index (χ0n) is 24.0. The Labute approximate surface area is 239 Å². The second kappa shape index (κ2) is 10.6. The number of rotatable bonds is 6. The summed E-state index contributed by atoms with van der Waals surface area (Å²) >= 11 is 0. The number of fused-ring (bicyclic) bond motifs is 2. The highest BCUT2D eigenvalue weighted by molar-refractivity contribution is 5.79. The SMILES string of the molecule is COC(=O)CC1COc2cc(O[C@@H]3CCc4c(-c5c(C)cc(-c6cc(C)nc(C)n6)cc5C)ccc(F)c43)ccc21. The summed E-state index contributed by atoms with van der Waals surface area (Å²) in [4.78, 5) is 20.8. The Balaban J connectivity index is 1.30. The molecule has 0 saturated carbocycles. The predicted molar refractivity (Wildman–Crippen MR) is 155 cm³/mol. The molecule has 0 spiro atoms. The zero-order valence-corrected chi connectivity index (χ0v) is 24.0. The number of methoxy groups -OCH3 is 1. The summed E-state index contributed by atoms with van der Waals surface area (Å²) < 4.78 is 32.4. The van der Waals surface area contributed by atoms with E-state index in [0.717, 1.165) is 62.6 Å². The van der Waals surface area contributed by atoms with E-state index in [1.165, 1.54) is 7.11 Å². The van der Waals surface area contributed by atoms with Gasteiger partial charge in [-0.25, -0.2) is 14.4 Å². The van der Waals surface area contributed by atoms with E-state index in [4.69, 9.17) is 14.2 Å². The van der Waals surface area contributed by atoms with Crippen LogP contribution in [0.1, 0.15) is 64.2 Å². The van der Waals surface area contributed by atoms with Crippen LogP contribution < -0.4 is 9.47 Å². The molecule has 7 heteroatoms. The van der Waals surface area contributed by atoms with Gasteiger partial charge in [0.1, 0.15) is 29.2 Å². The number of nitrogens with zero attached hydrogens (tertiary/aromatic N) is 2. The molecular formula is C34H33FN2O4. The van der Waals surface area contributed by atoms with Crippen molar-refractivity contribution in [3.05, 3.63) is 93.7 Å². The molecule has 0 radical (unpaired) electrons.